The zero-order chi connectivity index (χ0) is 13.1. The highest BCUT2D eigenvalue weighted by atomic mass is 35.5. The third-order valence-electron chi connectivity index (χ3n) is 2.73. The van der Waals surface area contributed by atoms with E-state index < -0.39 is 0 Å². The van der Waals surface area contributed by atoms with Gasteiger partial charge in [0.1, 0.15) is 5.82 Å². The number of anilines is 1. The van der Waals surface area contributed by atoms with Gasteiger partial charge >= 0.3 is 0 Å². The highest BCUT2D eigenvalue weighted by Crippen LogP contribution is 2.24. The van der Waals surface area contributed by atoms with E-state index in [9.17, 15) is 0 Å². The molecule has 3 nitrogen and oxygen atoms in total. The van der Waals surface area contributed by atoms with Gasteiger partial charge in [-0.05, 0) is 37.1 Å². The second-order valence-electron chi connectivity index (χ2n) is 4.32. The molecule has 1 heterocycles. The largest absolute Gasteiger partial charge is 0.384 e. The predicted octanol–water partition coefficient (Wildman–Crippen LogP) is 3.64. The van der Waals surface area contributed by atoms with Crippen LogP contribution in [0.4, 0.5) is 5.82 Å². The van der Waals surface area contributed by atoms with Crippen molar-refractivity contribution in [3.05, 3.63) is 40.5 Å². The average molecular weight is 262 g/mol. The predicted molar refractivity (Wildman–Crippen MR) is 75.6 cm³/mol. The van der Waals surface area contributed by atoms with Gasteiger partial charge in [0.25, 0.3) is 0 Å². The van der Waals surface area contributed by atoms with Crippen molar-refractivity contribution in [3.63, 3.8) is 0 Å². The van der Waals surface area contributed by atoms with Crippen LogP contribution in [0, 0.1) is 6.92 Å². The molecule has 0 saturated heterocycles. The third kappa shape index (κ3) is 2.79. The molecule has 0 aliphatic carbocycles. The molecule has 0 radical (unpaired) electrons. The van der Waals surface area contributed by atoms with E-state index in [1.165, 1.54) is 0 Å². The number of nitrogens with two attached hydrogens (primary N) is 1. The summed E-state index contributed by atoms with van der Waals surface area (Å²) < 4.78 is 0. The lowest BCUT2D eigenvalue weighted by Crippen LogP contribution is -2.01. The molecule has 18 heavy (non-hydrogen) atoms. The Morgan fingerprint density at radius 2 is 2.00 bits per heavy atom. The van der Waals surface area contributed by atoms with Crippen molar-refractivity contribution in [2.24, 2.45) is 0 Å². The number of hydrogen-bond donors (Lipinski definition) is 1. The summed E-state index contributed by atoms with van der Waals surface area (Å²) in [5.41, 5.74) is 8.84. The van der Waals surface area contributed by atoms with E-state index in [0.29, 0.717) is 16.7 Å². The highest BCUT2D eigenvalue weighted by Gasteiger charge is 2.08. The first-order valence-corrected chi connectivity index (χ1v) is 6.38. The quantitative estimate of drug-likeness (QED) is 0.918. The topological polar surface area (TPSA) is 51.8 Å². The molecule has 2 rings (SSSR count). The second-order valence-corrected chi connectivity index (χ2v) is 4.75. The fraction of sp³-hybridized carbons (Fsp3) is 0.286. The third-order valence-corrected chi connectivity index (χ3v) is 2.97. The lowest BCUT2D eigenvalue weighted by Gasteiger charge is -2.08. The van der Waals surface area contributed by atoms with Crippen molar-refractivity contribution < 1.29 is 0 Å². The van der Waals surface area contributed by atoms with Crippen LogP contribution < -0.4 is 5.73 Å². The summed E-state index contributed by atoms with van der Waals surface area (Å²) in [5.74, 6) is 1.19. The molecule has 0 aliphatic rings. The van der Waals surface area contributed by atoms with Crippen molar-refractivity contribution in [2.45, 2.75) is 26.7 Å². The van der Waals surface area contributed by atoms with Gasteiger partial charge in [0.2, 0.25) is 0 Å². The van der Waals surface area contributed by atoms with Gasteiger partial charge < -0.3 is 5.73 Å². The second kappa shape index (κ2) is 5.36. The number of hydrogen-bond acceptors (Lipinski definition) is 3. The van der Waals surface area contributed by atoms with Crippen molar-refractivity contribution >= 4 is 17.4 Å². The van der Waals surface area contributed by atoms with E-state index in [-0.39, 0.29) is 0 Å². The Balaban J connectivity index is 2.49. The molecule has 0 fully saturated rings. The van der Waals surface area contributed by atoms with Gasteiger partial charge in [-0.15, -0.1) is 0 Å². The van der Waals surface area contributed by atoms with Gasteiger partial charge in [-0.3, -0.25) is 0 Å². The number of rotatable bonds is 3. The minimum atomic E-state index is 0.512. The molecule has 4 heteroatoms. The van der Waals surface area contributed by atoms with E-state index in [0.717, 1.165) is 29.7 Å². The van der Waals surface area contributed by atoms with Crippen molar-refractivity contribution in [1.82, 2.24) is 9.97 Å². The summed E-state index contributed by atoms with van der Waals surface area (Å²) in [6, 6.07) is 7.51. The van der Waals surface area contributed by atoms with Gasteiger partial charge in [-0.1, -0.05) is 24.9 Å². The SMILES string of the molecule is CCCc1cc(N)nc(-c2ccc(Cl)cc2C)n1. The molecule has 94 valence electrons. The van der Waals surface area contributed by atoms with E-state index in [2.05, 4.69) is 16.9 Å². The summed E-state index contributed by atoms with van der Waals surface area (Å²) in [5, 5.41) is 0.717. The van der Waals surface area contributed by atoms with Crippen LogP contribution in [0.15, 0.2) is 24.3 Å². The Morgan fingerprint density at radius 1 is 1.22 bits per heavy atom. The van der Waals surface area contributed by atoms with E-state index in [1.807, 2.05) is 31.2 Å². The van der Waals surface area contributed by atoms with E-state index >= 15 is 0 Å². The zero-order valence-electron chi connectivity index (χ0n) is 10.6. The van der Waals surface area contributed by atoms with Crippen LogP contribution in [-0.2, 0) is 6.42 Å². The molecular formula is C14H16ClN3. The number of nitrogen functional groups attached to an aromatic ring is 1. The fourth-order valence-electron chi connectivity index (χ4n) is 1.90. The molecule has 1 aromatic carbocycles. The monoisotopic (exact) mass is 261 g/mol. The number of nitrogens with zero attached hydrogens (tertiary/aromatic N) is 2. The van der Waals surface area contributed by atoms with Gasteiger partial charge in [0, 0.05) is 22.3 Å². The normalized spacial score (nSPS) is 10.6. The Labute approximate surface area is 112 Å². The van der Waals surface area contributed by atoms with Crippen LogP contribution in [0.25, 0.3) is 11.4 Å². The van der Waals surface area contributed by atoms with Crippen LogP contribution in [-0.4, -0.2) is 9.97 Å². The Morgan fingerprint density at radius 3 is 2.67 bits per heavy atom. The number of aryl methyl sites for hydroxylation is 2. The molecule has 2 N–H and O–H groups in total. The molecule has 0 atom stereocenters. The zero-order valence-corrected chi connectivity index (χ0v) is 11.3. The van der Waals surface area contributed by atoms with E-state index in [1.54, 1.807) is 0 Å². The molecule has 1 aromatic heterocycles. The standard InChI is InChI=1S/C14H16ClN3/c1-3-4-11-8-13(16)18-14(17-11)12-6-5-10(15)7-9(12)2/h5-8H,3-4H2,1-2H3,(H2,16,17,18). The maximum atomic E-state index is 5.95. The summed E-state index contributed by atoms with van der Waals surface area (Å²) in [4.78, 5) is 8.85. The molecule has 0 saturated carbocycles. The molecule has 0 spiro atoms. The molecule has 0 unspecified atom stereocenters. The first-order chi connectivity index (χ1) is 8.60. The Kier molecular flexibility index (Phi) is 3.82. The van der Waals surface area contributed by atoms with Crippen LogP contribution >= 0.6 is 11.6 Å². The van der Waals surface area contributed by atoms with Crippen molar-refractivity contribution in [3.8, 4) is 11.4 Å². The Bertz CT molecular complexity index is 567. The van der Waals surface area contributed by atoms with Gasteiger partial charge in [-0.2, -0.15) is 0 Å². The lowest BCUT2D eigenvalue weighted by molar-refractivity contribution is 0.876. The van der Waals surface area contributed by atoms with Crippen LogP contribution in [0.1, 0.15) is 24.6 Å². The Hall–Kier alpha value is -1.61. The fourth-order valence-corrected chi connectivity index (χ4v) is 2.13. The van der Waals surface area contributed by atoms with Gasteiger partial charge in [-0.25, -0.2) is 9.97 Å². The summed E-state index contributed by atoms with van der Waals surface area (Å²) in [6.07, 6.45) is 1.95. The highest BCUT2D eigenvalue weighted by molar-refractivity contribution is 6.30. The first-order valence-electron chi connectivity index (χ1n) is 6.00. The minimum absolute atomic E-state index is 0.512. The number of aromatic nitrogens is 2. The smallest absolute Gasteiger partial charge is 0.162 e. The van der Waals surface area contributed by atoms with Crippen LogP contribution in [0.2, 0.25) is 5.02 Å². The lowest BCUT2D eigenvalue weighted by atomic mass is 10.1. The van der Waals surface area contributed by atoms with Crippen LogP contribution in [0.5, 0.6) is 0 Å². The van der Waals surface area contributed by atoms with Crippen molar-refractivity contribution in [2.75, 3.05) is 5.73 Å². The van der Waals surface area contributed by atoms with Crippen molar-refractivity contribution in [1.29, 1.82) is 0 Å². The number of halogens is 1. The molecule has 2 aromatic rings. The van der Waals surface area contributed by atoms with Gasteiger partial charge in [0.05, 0.1) is 0 Å². The van der Waals surface area contributed by atoms with E-state index in [4.69, 9.17) is 17.3 Å². The van der Waals surface area contributed by atoms with Crippen LogP contribution in [0.3, 0.4) is 0 Å². The summed E-state index contributed by atoms with van der Waals surface area (Å²) >= 11 is 5.95. The molecule has 0 bridgehead atoms. The molecular weight excluding hydrogens is 246 g/mol. The van der Waals surface area contributed by atoms with Gasteiger partial charge in [0.15, 0.2) is 5.82 Å². The molecule has 0 amide bonds. The first kappa shape index (κ1) is 12.8. The molecule has 0 aliphatic heterocycles. The summed E-state index contributed by atoms with van der Waals surface area (Å²) in [7, 11) is 0. The number of benzene rings is 1. The maximum Gasteiger partial charge on any atom is 0.162 e. The maximum absolute atomic E-state index is 5.95. The minimum Gasteiger partial charge on any atom is -0.384 e. The average Bonchev–Trinajstić information content (AvgIpc) is 2.28. The summed E-state index contributed by atoms with van der Waals surface area (Å²) in [6.45, 7) is 4.11.